The summed E-state index contributed by atoms with van der Waals surface area (Å²) in [4.78, 5) is 18.4. The number of carbonyl (C=O) groups is 1. The smallest absolute Gasteiger partial charge is 0.246 e. The lowest BCUT2D eigenvalue weighted by Crippen LogP contribution is -2.32. The fourth-order valence-corrected chi connectivity index (χ4v) is 4.68. The molecule has 0 aliphatic heterocycles. The molecular weight excluding hydrogens is 464 g/mol. The molecule has 0 atom stereocenters. The highest BCUT2D eigenvalue weighted by Crippen LogP contribution is 2.25. The minimum Gasteiger partial charge on any atom is -0.337 e. The first kappa shape index (κ1) is 24.7. The van der Waals surface area contributed by atoms with Crippen LogP contribution >= 0.6 is 11.6 Å². The summed E-state index contributed by atoms with van der Waals surface area (Å²) in [5.74, 6) is 0.490. The third kappa shape index (κ3) is 6.55. The summed E-state index contributed by atoms with van der Waals surface area (Å²) in [6, 6.07) is 12.8. The quantitative estimate of drug-likeness (QED) is 0.445. The summed E-state index contributed by atoms with van der Waals surface area (Å²) in [7, 11) is -1.84. The van der Waals surface area contributed by atoms with Gasteiger partial charge in [-0.25, -0.2) is 8.42 Å². The third-order valence-electron chi connectivity index (χ3n) is 5.03. The van der Waals surface area contributed by atoms with Crippen LogP contribution in [0.15, 0.2) is 47.0 Å². The minimum absolute atomic E-state index is 0.142. The fraction of sp³-hybridized carbons (Fsp3) is 0.348. The van der Waals surface area contributed by atoms with Gasteiger partial charge in [0.1, 0.15) is 0 Å². The van der Waals surface area contributed by atoms with Crippen molar-refractivity contribution in [1.29, 1.82) is 0 Å². The van der Waals surface area contributed by atoms with Crippen molar-refractivity contribution in [1.82, 2.24) is 15.0 Å². The molecule has 176 valence electrons. The maximum Gasteiger partial charge on any atom is 0.246 e. The number of benzene rings is 2. The van der Waals surface area contributed by atoms with E-state index >= 15 is 0 Å². The van der Waals surface area contributed by atoms with Crippen molar-refractivity contribution in [2.75, 3.05) is 24.2 Å². The van der Waals surface area contributed by atoms with Gasteiger partial charge in [-0.1, -0.05) is 35.0 Å². The number of sulfonamides is 1. The van der Waals surface area contributed by atoms with Crippen LogP contribution in [0.2, 0.25) is 5.02 Å². The second-order valence-corrected chi connectivity index (χ2v) is 10.3. The number of anilines is 1. The van der Waals surface area contributed by atoms with Crippen molar-refractivity contribution >= 4 is 33.2 Å². The maximum absolute atomic E-state index is 12.6. The zero-order chi connectivity index (χ0) is 24.2. The molecule has 0 aliphatic rings. The number of hydrogen-bond donors (Lipinski definition) is 0. The molecule has 0 N–H and O–H groups in total. The van der Waals surface area contributed by atoms with Gasteiger partial charge in [0.15, 0.2) is 0 Å². The second kappa shape index (κ2) is 10.4. The standard InChI is InChI=1S/C23H27ClN4O4S/c1-16-12-17(2)14-18(13-16)28(33(4,30)31)11-7-10-22(29)27(3)15-21-25-23(26-32-21)19-8-5-6-9-20(19)24/h5-6,8-9,12-14H,7,10-11,15H2,1-4H3. The predicted octanol–water partition coefficient (Wildman–Crippen LogP) is 4.21. The predicted molar refractivity (Wildman–Crippen MR) is 129 cm³/mol. The van der Waals surface area contributed by atoms with Gasteiger partial charge in [0.2, 0.25) is 27.6 Å². The highest BCUT2D eigenvalue weighted by atomic mass is 35.5. The first-order chi connectivity index (χ1) is 15.5. The molecule has 3 rings (SSSR count). The van der Waals surface area contributed by atoms with E-state index in [0.29, 0.717) is 28.5 Å². The number of halogens is 1. The zero-order valence-corrected chi connectivity index (χ0v) is 20.7. The number of nitrogens with zero attached hydrogens (tertiary/aromatic N) is 4. The van der Waals surface area contributed by atoms with Crippen molar-refractivity contribution in [2.24, 2.45) is 0 Å². The van der Waals surface area contributed by atoms with Crippen LogP contribution in [0.25, 0.3) is 11.4 Å². The number of rotatable bonds is 9. The van der Waals surface area contributed by atoms with Crippen molar-refractivity contribution in [3.05, 3.63) is 64.5 Å². The normalized spacial score (nSPS) is 11.4. The summed E-state index contributed by atoms with van der Waals surface area (Å²) in [5, 5.41) is 4.45. The monoisotopic (exact) mass is 490 g/mol. The van der Waals surface area contributed by atoms with E-state index in [-0.39, 0.29) is 31.3 Å². The van der Waals surface area contributed by atoms with Gasteiger partial charge in [0, 0.05) is 25.6 Å². The van der Waals surface area contributed by atoms with Crippen molar-refractivity contribution < 1.29 is 17.7 Å². The molecule has 0 unspecified atom stereocenters. The fourth-order valence-electron chi connectivity index (χ4n) is 3.51. The van der Waals surface area contributed by atoms with Crippen LogP contribution in [0.4, 0.5) is 5.69 Å². The first-order valence-electron chi connectivity index (χ1n) is 10.4. The van der Waals surface area contributed by atoms with E-state index in [1.165, 1.54) is 15.5 Å². The van der Waals surface area contributed by atoms with Crippen LogP contribution in [-0.4, -0.2) is 49.2 Å². The first-order valence-corrected chi connectivity index (χ1v) is 12.6. The van der Waals surface area contributed by atoms with Crippen molar-refractivity contribution in [2.45, 2.75) is 33.2 Å². The van der Waals surface area contributed by atoms with E-state index in [2.05, 4.69) is 10.1 Å². The molecule has 0 bridgehead atoms. The molecular formula is C23H27ClN4O4S. The molecule has 2 aromatic carbocycles. The second-order valence-electron chi connectivity index (χ2n) is 8.03. The Morgan fingerprint density at radius 1 is 1.12 bits per heavy atom. The Bertz CT molecular complexity index is 1220. The van der Waals surface area contributed by atoms with E-state index in [0.717, 1.165) is 11.1 Å². The highest BCUT2D eigenvalue weighted by Gasteiger charge is 2.20. The van der Waals surface area contributed by atoms with Crippen LogP contribution in [0.1, 0.15) is 29.9 Å². The number of amides is 1. The molecule has 0 fully saturated rings. The van der Waals surface area contributed by atoms with Crippen LogP contribution in [0, 0.1) is 13.8 Å². The van der Waals surface area contributed by atoms with Gasteiger partial charge in [0.05, 0.1) is 23.5 Å². The van der Waals surface area contributed by atoms with Crippen LogP contribution in [-0.2, 0) is 21.4 Å². The Balaban J connectivity index is 1.59. The molecule has 1 aromatic heterocycles. The average Bonchev–Trinajstić information content (AvgIpc) is 3.17. The Morgan fingerprint density at radius 2 is 1.79 bits per heavy atom. The summed E-state index contributed by atoms with van der Waals surface area (Å²) in [5.41, 5.74) is 3.21. The van der Waals surface area contributed by atoms with E-state index in [4.69, 9.17) is 16.1 Å². The lowest BCUT2D eigenvalue weighted by Gasteiger charge is -2.23. The number of aryl methyl sites for hydroxylation is 2. The summed E-state index contributed by atoms with van der Waals surface area (Å²) < 4.78 is 31.3. The SMILES string of the molecule is Cc1cc(C)cc(N(CCCC(=O)N(C)Cc2nc(-c3ccccc3Cl)no2)S(C)(=O)=O)c1. The van der Waals surface area contributed by atoms with Gasteiger partial charge in [-0.05, 0) is 55.7 Å². The minimum atomic E-state index is -3.48. The average molecular weight is 491 g/mol. The highest BCUT2D eigenvalue weighted by molar-refractivity contribution is 7.92. The van der Waals surface area contributed by atoms with Crippen molar-refractivity contribution in [3.63, 3.8) is 0 Å². The molecule has 8 nitrogen and oxygen atoms in total. The molecule has 0 aliphatic carbocycles. The summed E-state index contributed by atoms with van der Waals surface area (Å²) in [6.45, 7) is 4.19. The van der Waals surface area contributed by atoms with Gasteiger partial charge in [-0.15, -0.1) is 0 Å². The van der Waals surface area contributed by atoms with Crippen LogP contribution in [0.3, 0.4) is 0 Å². The van der Waals surface area contributed by atoms with E-state index in [9.17, 15) is 13.2 Å². The molecule has 1 amide bonds. The van der Waals surface area contributed by atoms with E-state index in [1.807, 2.05) is 44.2 Å². The zero-order valence-electron chi connectivity index (χ0n) is 19.1. The summed E-state index contributed by atoms with van der Waals surface area (Å²) >= 11 is 6.17. The molecule has 0 spiro atoms. The number of aromatic nitrogens is 2. The molecule has 0 radical (unpaired) electrons. The van der Waals surface area contributed by atoms with Crippen molar-refractivity contribution in [3.8, 4) is 11.4 Å². The van der Waals surface area contributed by atoms with Gasteiger partial charge in [-0.2, -0.15) is 4.98 Å². The molecule has 0 saturated heterocycles. The number of carbonyl (C=O) groups excluding carboxylic acids is 1. The van der Waals surface area contributed by atoms with Gasteiger partial charge < -0.3 is 9.42 Å². The maximum atomic E-state index is 12.6. The van der Waals surface area contributed by atoms with Gasteiger partial charge in [0.25, 0.3) is 0 Å². The van der Waals surface area contributed by atoms with E-state index < -0.39 is 10.0 Å². The Morgan fingerprint density at radius 3 is 2.42 bits per heavy atom. The van der Waals surface area contributed by atoms with Gasteiger partial charge in [-0.3, -0.25) is 9.10 Å². The lowest BCUT2D eigenvalue weighted by atomic mass is 10.1. The Hall–Kier alpha value is -2.91. The molecule has 33 heavy (non-hydrogen) atoms. The molecule has 0 saturated carbocycles. The lowest BCUT2D eigenvalue weighted by molar-refractivity contribution is -0.130. The number of hydrogen-bond acceptors (Lipinski definition) is 6. The molecule has 3 aromatic rings. The third-order valence-corrected chi connectivity index (χ3v) is 6.55. The van der Waals surface area contributed by atoms with Gasteiger partial charge >= 0.3 is 0 Å². The Labute approximate surface area is 199 Å². The topological polar surface area (TPSA) is 96.6 Å². The molecule has 10 heteroatoms. The Kier molecular flexibility index (Phi) is 7.76. The molecule has 1 heterocycles. The summed E-state index contributed by atoms with van der Waals surface area (Å²) in [6.07, 6.45) is 1.72. The largest absolute Gasteiger partial charge is 0.337 e. The van der Waals surface area contributed by atoms with Crippen LogP contribution in [0.5, 0.6) is 0 Å². The van der Waals surface area contributed by atoms with E-state index in [1.54, 1.807) is 19.2 Å². The van der Waals surface area contributed by atoms with Crippen LogP contribution < -0.4 is 4.31 Å².